The molecule has 0 unspecified atom stereocenters. The van der Waals surface area contributed by atoms with E-state index in [1.807, 2.05) is 13.0 Å². The van der Waals surface area contributed by atoms with E-state index < -0.39 is 10.0 Å². The molecule has 118 valence electrons. The molecule has 1 aromatic carbocycles. The van der Waals surface area contributed by atoms with Crippen LogP contribution in [0.25, 0.3) is 0 Å². The van der Waals surface area contributed by atoms with Gasteiger partial charge in [0.2, 0.25) is 10.0 Å². The quantitative estimate of drug-likeness (QED) is 0.855. The minimum atomic E-state index is -3.56. The lowest BCUT2D eigenvalue weighted by molar-refractivity contribution is 0.296. The predicted octanol–water partition coefficient (Wildman–Crippen LogP) is 3.42. The second kappa shape index (κ2) is 6.02. The van der Waals surface area contributed by atoms with Gasteiger partial charge in [-0.3, -0.25) is 0 Å². The third-order valence-electron chi connectivity index (χ3n) is 3.89. The topological polar surface area (TPSA) is 63.4 Å². The minimum absolute atomic E-state index is 0.249. The first-order chi connectivity index (χ1) is 10.5. The zero-order valence-electron chi connectivity index (χ0n) is 12.2. The van der Waals surface area contributed by atoms with E-state index in [0.717, 1.165) is 25.0 Å². The first-order valence-corrected chi connectivity index (χ1v) is 9.07. The number of hydrogen-bond acceptors (Lipinski definition) is 4. The molecule has 0 amide bonds. The summed E-state index contributed by atoms with van der Waals surface area (Å²) in [4.78, 5) is 0.249. The summed E-state index contributed by atoms with van der Waals surface area (Å²) < 4.78 is 32.5. The molecule has 0 bridgehead atoms. The summed E-state index contributed by atoms with van der Waals surface area (Å²) in [5.41, 5.74) is 0.839. The SMILES string of the molecule is CCc1cc([C@@H]2CCCN2S(=O)(=O)c2ccc(Cl)cc2)on1. The van der Waals surface area contributed by atoms with Gasteiger partial charge in [-0.15, -0.1) is 0 Å². The lowest BCUT2D eigenvalue weighted by Crippen LogP contribution is -2.30. The second-order valence-corrected chi connectivity index (χ2v) is 7.63. The monoisotopic (exact) mass is 340 g/mol. The molecule has 1 aliphatic heterocycles. The van der Waals surface area contributed by atoms with Crippen LogP contribution >= 0.6 is 11.6 Å². The molecule has 0 aliphatic carbocycles. The highest BCUT2D eigenvalue weighted by molar-refractivity contribution is 7.89. The molecular weight excluding hydrogens is 324 g/mol. The van der Waals surface area contributed by atoms with E-state index in [9.17, 15) is 8.42 Å². The Kier molecular flexibility index (Phi) is 4.25. The van der Waals surface area contributed by atoms with Crippen molar-refractivity contribution in [3.63, 3.8) is 0 Å². The number of sulfonamides is 1. The average molecular weight is 341 g/mol. The van der Waals surface area contributed by atoms with Crippen molar-refractivity contribution in [2.45, 2.75) is 37.1 Å². The van der Waals surface area contributed by atoms with E-state index in [2.05, 4.69) is 5.16 Å². The van der Waals surface area contributed by atoms with Crippen LogP contribution in [0.1, 0.15) is 37.3 Å². The fourth-order valence-corrected chi connectivity index (χ4v) is 4.50. The highest BCUT2D eigenvalue weighted by Gasteiger charge is 2.38. The second-order valence-electron chi connectivity index (χ2n) is 5.30. The molecule has 2 heterocycles. The molecule has 0 saturated carbocycles. The van der Waals surface area contributed by atoms with Gasteiger partial charge in [-0.2, -0.15) is 4.31 Å². The van der Waals surface area contributed by atoms with Crippen molar-refractivity contribution < 1.29 is 12.9 Å². The van der Waals surface area contributed by atoms with Crippen molar-refractivity contribution in [3.05, 3.63) is 46.8 Å². The van der Waals surface area contributed by atoms with E-state index in [-0.39, 0.29) is 10.9 Å². The van der Waals surface area contributed by atoms with E-state index in [1.165, 1.54) is 16.4 Å². The summed E-state index contributed by atoms with van der Waals surface area (Å²) in [6, 6.07) is 7.80. The summed E-state index contributed by atoms with van der Waals surface area (Å²) in [7, 11) is -3.56. The zero-order chi connectivity index (χ0) is 15.7. The van der Waals surface area contributed by atoms with Gasteiger partial charge in [0.1, 0.15) is 0 Å². The Morgan fingerprint density at radius 1 is 1.36 bits per heavy atom. The first-order valence-electron chi connectivity index (χ1n) is 7.25. The minimum Gasteiger partial charge on any atom is -0.359 e. The lowest BCUT2D eigenvalue weighted by atomic mass is 10.1. The fraction of sp³-hybridized carbons (Fsp3) is 0.400. The third kappa shape index (κ3) is 2.78. The highest BCUT2D eigenvalue weighted by Crippen LogP contribution is 2.36. The van der Waals surface area contributed by atoms with Crippen LogP contribution in [-0.2, 0) is 16.4 Å². The molecule has 2 aromatic rings. The van der Waals surface area contributed by atoms with Crippen molar-refractivity contribution in [3.8, 4) is 0 Å². The summed E-state index contributed by atoms with van der Waals surface area (Å²) in [5.74, 6) is 0.617. The van der Waals surface area contributed by atoms with Gasteiger partial charge in [0.15, 0.2) is 5.76 Å². The maximum absolute atomic E-state index is 12.8. The van der Waals surface area contributed by atoms with Gasteiger partial charge in [0, 0.05) is 17.6 Å². The molecule has 0 radical (unpaired) electrons. The van der Waals surface area contributed by atoms with Crippen LogP contribution in [-0.4, -0.2) is 24.4 Å². The normalized spacial score (nSPS) is 19.6. The summed E-state index contributed by atoms with van der Waals surface area (Å²) in [5, 5.41) is 4.48. The molecule has 3 rings (SSSR count). The Morgan fingerprint density at radius 3 is 2.73 bits per heavy atom. The van der Waals surface area contributed by atoms with Gasteiger partial charge in [-0.05, 0) is 43.5 Å². The Morgan fingerprint density at radius 2 is 2.09 bits per heavy atom. The Hall–Kier alpha value is -1.37. The molecule has 22 heavy (non-hydrogen) atoms. The fourth-order valence-electron chi connectivity index (χ4n) is 2.71. The maximum Gasteiger partial charge on any atom is 0.243 e. The van der Waals surface area contributed by atoms with Gasteiger partial charge < -0.3 is 4.52 Å². The average Bonchev–Trinajstić information content (AvgIpc) is 3.16. The van der Waals surface area contributed by atoms with E-state index in [0.29, 0.717) is 17.3 Å². The Bertz CT molecular complexity index is 755. The van der Waals surface area contributed by atoms with Crippen LogP contribution in [0.2, 0.25) is 5.02 Å². The molecule has 7 heteroatoms. The van der Waals surface area contributed by atoms with Crippen molar-refractivity contribution >= 4 is 21.6 Å². The first kappa shape index (κ1) is 15.5. The van der Waals surface area contributed by atoms with Crippen LogP contribution in [0, 0.1) is 0 Å². The number of benzene rings is 1. The van der Waals surface area contributed by atoms with Crippen molar-refractivity contribution in [2.75, 3.05) is 6.54 Å². The molecule has 0 N–H and O–H groups in total. The highest BCUT2D eigenvalue weighted by atomic mass is 35.5. The van der Waals surface area contributed by atoms with Crippen LogP contribution in [0.5, 0.6) is 0 Å². The van der Waals surface area contributed by atoms with Gasteiger partial charge >= 0.3 is 0 Å². The molecule has 0 spiro atoms. The van der Waals surface area contributed by atoms with Crippen LogP contribution in [0.15, 0.2) is 39.8 Å². The maximum atomic E-state index is 12.8. The number of halogens is 1. The molecule has 1 aliphatic rings. The number of aromatic nitrogens is 1. The van der Waals surface area contributed by atoms with Crippen LogP contribution in [0.3, 0.4) is 0 Å². The van der Waals surface area contributed by atoms with Gasteiger partial charge in [-0.25, -0.2) is 8.42 Å². The third-order valence-corrected chi connectivity index (χ3v) is 6.07. The van der Waals surface area contributed by atoms with Gasteiger partial charge in [-0.1, -0.05) is 23.7 Å². The van der Waals surface area contributed by atoms with E-state index in [4.69, 9.17) is 16.1 Å². The van der Waals surface area contributed by atoms with E-state index in [1.54, 1.807) is 12.1 Å². The lowest BCUT2D eigenvalue weighted by Gasteiger charge is -2.22. The van der Waals surface area contributed by atoms with E-state index >= 15 is 0 Å². The number of hydrogen-bond donors (Lipinski definition) is 0. The smallest absolute Gasteiger partial charge is 0.243 e. The number of nitrogens with zero attached hydrogens (tertiary/aromatic N) is 2. The molecule has 1 saturated heterocycles. The van der Waals surface area contributed by atoms with Gasteiger partial charge in [0.25, 0.3) is 0 Å². The van der Waals surface area contributed by atoms with Crippen molar-refractivity contribution in [1.29, 1.82) is 0 Å². The largest absolute Gasteiger partial charge is 0.359 e. The predicted molar refractivity (Wildman–Crippen MR) is 83.2 cm³/mol. The summed E-state index contributed by atoms with van der Waals surface area (Å²) in [6.45, 7) is 2.47. The van der Waals surface area contributed by atoms with Crippen LogP contribution < -0.4 is 0 Å². The molecule has 1 atom stereocenters. The van der Waals surface area contributed by atoms with Crippen molar-refractivity contribution in [2.24, 2.45) is 0 Å². The van der Waals surface area contributed by atoms with Crippen LogP contribution in [0.4, 0.5) is 0 Å². The standard InChI is InChI=1S/C15H17ClN2O3S/c1-2-12-10-15(21-17-12)14-4-3-9-18(14)22(19,20)13-7-5-11(16)6-8-13/h5-8,10,14H,2-4,9H2,1H3/t14-/m0/s1. The molecule has 1 aromatic heterocycles. The molecular formula is C15H17ClN2O3S. The molecule has 1 fully saturated rings. The summed E-state index contributed by atoms with van der Waals surface area (Å²) >= 11 is 5.83. The Labute approximate surface area is 134 Å². The van der Waals surface area contributed by atoms with Gasteiger partial charge in [0.05, 0.1) is 16.6 Å². The zero-order valence-corrected chi connectivity index (χ0v) is 13.8. The Balaban J connectivity index is 1.93. The molecule has 5 nitrogen and oxygen atoms in total. The van der Waals surface area contributed by atoms with Crippen molar-refractivity contribution in [1.82, 2.24) is 9.46 Å². The summed E-state index contributed by atoms with van der Waals surface area (Å²) in [6.07, 6.45) is 2.31. The number of aryl methyl sites for hydroxylation is 1. The number of rotatable bonds is 4.